The van der Waals surface area contributed by atoms with E-state index in [4.69, 9.17) is 11.6 Å². The molecule has 2 rings (SSSR count). The van der Waals surface area contributed by atoms with Gasteiger partial charge in [-0.25, -0.2) is 4.98 Å². The number of nitrogens with zero attached hydrogens (tertiary/aromatic N) is 3. The van der Waals surface area contributed by atoms with Crippen molar-refractivity contribution in [3.8, 4) is 0 Å². The fraction of sp³-hybridized carbons (Fsp3) is 0.375. The molecule has 0 bridgehead atoms. The lowest BCUT2D eigenvalue weighted by Gasteiger charge is -2.21. The van der Waals surface area contributed by atoms with Gasteiger partial charge < -0.3 is 10.2 Å². The minimum absolute atomic E-state index is 0.599. The van der Waals surface area contributed by atoms with Crippen LogP contribution < -0.4 is 10.2 Å². The number of hydrogen-bond donors (Lipinski definition) is 1. The Kier molecular flexibility index (Phi) is 5.02. The highest BCUT2D eigenvalue weighted by Gasteiger charge is 2.09. The second-order valence-corrected chi connectivity index (χ2v) is 5.38. The Bertz CT molecular complexity index is 624. The summed E-state index contributed by atoms with van der Waals surface area (Å²) in [6, 6.07) is 7.74. The Balaban J connectivity index is 2.34. The van der Waals surface area contributed by atoms with Crippen LogP contribution >= 0.6 is 11.6 Å². The summed E-state index contributed by atoms with van der Waals surface area (Å²) in [5.41, 5.74) is 2.97. The molecule has 0 aliphatic rings. The van der Waals surface area contributed by atoms with Gasteiger partial charge in [0.05, 0.1) is 0 Å². The minimum Gasteiger partial charge on any atom is -0.357 e. The molecule has 1 aromatic heterocycles. The number of nitrogens with one attached hydrogen (secondary N) is 1. The Morgan fingerprint density at radius 3 is 2.48 bits per heavy atom. The Morgan fingerprint density at radius 2 is 1.81 bits per heavy atom. The van der Waals surface area contributed by atoms with E-state index in [1.807, 2.05) is 38.1 Å². The number of aromatic nitrogens is 2. The molecule has 0 atom stereocenters. The van der Waals surface area contributed by atoms with Crippen molar-refractivity contribution in [1.82, 2.24) is 9.97 Å². The minimum atomic E-state index is 0.599. The van der Waals surface area contributed by atoms with Crippen molar-refractivity contribution in [2.75, 3.05) is 23.3 Å². The smallest absolute Gasteiger partial charge is 0.229 e. The van der Waals surface area contributed by atoms with E-state index in [-0.39, 0.29) is 0 Å². The van der Waals surface area contributed by atoms with E-state index in [1.165, 1.54) is 0 Å². The summed E-state index contributed by atoms with van der Waals surface area (Å²) in [5, 5.41) is 3.96. The molecule has 0 saturated heterocycles. The molecule has 1 heterocycles. The molecule has 0 saturated carbocycles. The quantitative estimate of drug-likeness (QED) is 0.892. The predicted molar refractivity (Wildman–Crippen MR) is 89.8 cm³/mol. The monoisotopic (exact) mass is 304 g/mol. The summed E-state index contributed by atoms with van der Waals surface area (Å²) in [5.74, 6) is 1.54. The van der Waals surface area contributed by atoms with Crippen LogP contribution in [0, 0.1) is 13.8 Å². The lowest BCUT2D eigenvalue weighted by molar-refractivity contribution is 0.840. The number of rotatable bonds is 5. The first-order valence-corrected chi connectivity index (χ1v) is 7.55. The van der Waals surface area contributed by atoms with E-state index < -0.39 is 0 Å². The van der Waals surface area contributed by atoms with Crippen LogP contribution in [0.25, 0.3) is 0 Å². The lowest BCUT2D eigenvalue weighted by atomic mass is 10.2. The molecule has 4 nitrogen and oxygen atoms in total. The highest BCUT2D eigenvalue weighted by molar-refractivity contribution is 6.30. The largest absolute Gasteiger partial charge is 0.357 e. The van der Waals surface area contributed by atoms with Crippen molar-refractivity contribution >= 4 is 29.1 Å². The topological polar surface area (TPSA) is 41.1 Å². The van der Waals surface area contributed by atoms with Gasteiger partial charge in [0, 0.05) is 35.6 Å². The van der Waals surface area contributed by atoms with Crippen LogP contribution in [-0.4, -0.2) is 23.1 Å². The Hall–Kier alpha value is -1.81. The number of hydrogen-bond acceptors (Lipinski definition) is 4. The van der Waals surface area contributed by atoms with Crippen LogP contribution in [0.5, 0.6) is 0 Å². The zero-order valence-corrected chi connectivity index (χ0v) is 13.7. The third-order valence-electron chi connectivity index (χ3n) is 3.37. The molecular formula is C16H21ClN4. The molecule has 0 unspecified atom stereocenters. The van der Waals surface area contributed by atoms with Gasteiger partial charge in [0.25, 0.3) is 0 Å². The summed E-state index contributed by atoms with van der Waals surface area (Å²) in [6.07, 6.45) is 0. The first-order valence-electron chi connectivity index (χ1n) is 7.17. The van der Waals surface area contributed by atoms with Gasteiger partial charge >= 0.3 is 0 Å². The highest BCUT2D eigenvalue weighted by atomic mass is 35.5. The van der Waals surface area contributed by atoms with Gasteiger partial charge in [-0.1, -0.05) is 17.7 Å². The average Bonchev–Trinajstić information content (AvgIpc) is 2.44. The number of anilines is 3. The number of halogens is 1. The van der Waals surface area contributed by atoms with Crippen LogP contribution in [0.1, 0.15) is 25.1 Å². The molecule has 0 fully saturated rings. The molecule has 5 heteroatoms. The maximum atomic E-state index is 6.05. The van der Waals surface area contributed by atoms with Gasteiger partial charge in [0.2, 0.25) is 5.95 Å². The molecule has 0 radical (unpaired) electrons. The third-order valence-corrected chi connectivity index (χ3v) is 3.61. The lowest BCUT2D eigenvalue weighted by Crippen LogP contribution is -2.23. The van der Waals surface area contributed by atoms with Gasteiger partial charge in [-0.15, -0.1) is 0 Å². The molecule has 2 aromatic rings. The van der Waals surface area contributed by atoms with Crippen LogP contribution in [0.15, 0.2) is 24.3 Å². The van der Waals surface area contributed by atoms with Gasteiger partial charge in [-0.05, 0) is 45.4 Å². The van der Waals surface area contributed by atoms with Gasteiger partial charge in [0.15, 0.2) is 0 Å². The number of aryl methyl sites for hydroxylation is 2. The fourth-order valence-electron chi connectivity index (χ4n) is 2.17. The van der Waals surface area contributed by atoms with Crippen molar-refractivity contribution in [3.63, 3.8) is 0 Å². The third kappa shape index (κ3) is 3.85. The van der Waals surface area contributed by atoms with Crippen molar-refractivity contribution in [3.05, 3.63) is 40.5 Å². The summed E-state index contributed by atoms with van der Waals surface area (Å²) in [6.45, 7) is 10.1. The first kappa shape index (κ1) is 15.6. The van der Waals surface area contributed by atoms with E-state index in [2.05, 4.69) is 34.0 Å². The molecule has 0 aliphatic carbocycles. The van der Waals surface area contributed by atoms with Crippen LogP contribution in [0.2, 0.25) is 5.02 Å². The van der Waals surface area contributed by atoms with Crippen LogP contribution in [0.4, 0.5) is 17.5 Å². The van der Waals surface area contributed by atoms with E-state index in [0.717, 1.165) is 35.9 Å². The first-order chi connectivity index (χ1) is 10.0. The van der Waals surface area contributed by atoms with Crippen molar-refractivity contribution in [2.24, 2.45) is 0 Å². The second kappa shape index (κ2) is 6.76. The van der Waals surface area contributed by atoms with E-state index >= 15 is 0 Å². The maximum Gasteiger partial charge on any atom is 0.229 e. The molecule has 112 valence electrons. The fourth-order valence-corrected chi connectivity index (χ4v) is 2.34. The maximum absolute atomic E-state index is 6.05. The van der Waals surface area contributed by atoms with Crippen LogP contribution in [0.3, 0.4) is 0 Å². The SMILES string of the molecule is CCN(CC)c1cc(C)nc(Nc2cc(Cl)ccc2C)n1. The molecule has 1 aromatic carbocycles. The van der Waals surface area contributed by atoms with E-state index in [1.54, 1.807) is 0 Å². The Labute approximate surface area is 131 Å². The second-order valence-electron chi connectivity index (χ2n) is 4.95. The molecular weight excluding hydrogens is 284 g/mol. The van der Waals surface area contributed by atoms with E-state index in [9.17, 15) is 0 Å². The summed E-state index contributed by atoms with van der Waals surface area (Å²) in [4.78, 5) is 11.3. The van der Waals surface area contributed by atoms with Gasteiger partial charge in [-0.2, -0.15) is 4.98 Å². The van der Waals surface area contributed by atoms with E-state index in [0.29, 0.717) is 11.0 Å². The Morgan fingerprint density at radius 1 is 1.10 bits per heavy atom. The van der Waals surface area contributed by atoms with Crippen molar-refractivity contribution in [2.45, 2.75) is 27.7 Å². The summed E-state index contributed by atoms with van der Waals surface area (Å²) in [7, 11) is 0. The predicted octanol–water partition coefficient (Wildman–Crippen LogP) is 4.34. The normalized spacial score (nSPS) is 10.5. The highest BCUT2D eigenvalue weighted by Crippen LogP contribution is 2.24. The average molecular weight is 305 g/mol. The van der Waals surface area contributed by atoms with Gasteiger partial charge in [-0.3, -0.25) is 0 Å². The van der Waals surface area contributed by atoms with Crippen LogP contribution in [-0.2, 0) is 0 Å². The van der Waals surface area contributed by atoms with Gasteiger partial charge in [0.1, 0.15) is 5.82 Å². The zero-order chi connectivity index (χ0) is 15.4. The molecule has 0 aliphatic heterocycles. The molecule has 1 N–H and O–H groups in total. The van der Waals surface area contributed by atoms with Crippen molar-refractivity contribution in [1.29, 1.82) is 0 Å². The van der Waals surface area contributed by atoms with Crippen molar-refractivity contribution < 1.29 is 0 Å². The zero-order valence-electron chi connectivity index (χ0n) is 12.9. The summed E-state index contributed by atoms with van der Waals surface area (Å²) >= 11 is 6.05. The molecule has 21 heavy (non-hydrogen) atoms. The molecule has 0 spiro atoms. The number of benzene rings is 1. The summed E-state index contributed by atoms with van der Waals surface area (Å²) < 4.78 is 0. The molecule has 0 amide bonds. The standard InChI is InChI=1S/C16H21ClN4/c1-5-21(6-2)15-9-12(4)18-16(20-15)19-14-10-13(17)8-7-11(14)3/h7-10H,5-6H2,1-4H3,(H,18,19,20).